The van der Waals surface area contributed by atoms with Crippen molar-refractivity contribution in [2.75, 3.05) is 7.11 Å². The second kappa shape index (κ2) is 9.91. The van der Waals surface area contributed by atoms with Crippen LogP contribution in [0.4, 0.5) is 0 Å². The van der Waals surface area contributed by atoms with Crippen LogP contribution in [0.1, 0.15) is 49.5 Å². The Morgan fingerprint density at radius 3 is 2.33 bits per heavy atom. The topological polar surface area (TPSA) is 30.5 Å². The third kappa shape index (κ3) is 5.22. The summed E-state index contributed by atoms with van der Waals surface area (Å²) in [6.45, 7) is 6.03. The van der Waals surface area contributed by atoms with Crippen LogP contribution in [0.5, 0.6) is 5.75 Å². The van der Waals surface area contributed by atoms with Gasteiger partial charge in [-0.25, -0.2) is 0 Å². The summed E-state index contributed by atoms with van der Waals surface area (Å²) in [5, 5.41) is 0. The van der Waals surface area contributed by atoms with Crippen LogP contribution in [-0.4, -0.2) is 7.11 Å². The second-order valence-corrected chi connectivity index (χ2v) is 5.77. The molecule has 1 unspecified atom stereocenters. The van der Waals surface area contributed by atoms with Gasteiger partial charge in [-0.15, -0.1) is 6.58 Å². The fourth-order valence-electron chi connectivity index (χ4n) is 2.64. The van der Waals surface area contributed by atoms with E-state index in [9.17, 15) is 0 Å². The molecule has 24 heavy (non-hydrogen) atoms. The SMILES string of the molecule is C=CCC(NO[C@@H](CCC)c1ccccc1)c1ccc(OC)cc1. The summed E-state index contributed by atoms with van der Waals surface area (Å²) >= 11 is 0. The first-order valence-electron chi connectivity index (χ1n) is 8.49. The lowest BCUT2D eigenvalue weighted by Gasteiger charge is -2.23. The Labute approximate surface area is 145 Å². The van der Waals surface area contributed by atoms with Crippen LogP contribution in [0.15, 0.2) is 67.3 Å². The quantitative estimate of drug-likeness (QED) is 0.470. The molecular weight excluding hydrogens is 298 g/mol. The number of hydrogen-bond acceptors (Lipinski definition) is 3. The minimum absolute atomic E-state index is 0.0433. The molecule has 2 rings (SSSR count). The number of benzene rings is 2. The summed E-state index contributed by atoms with van der Waals surface area (Å²) in [5.74, 6) is 0.852. The van der Waals surface area contributed by atoms with E-state index in [0.29, 0.717) is 0 Å². The van der Waals surface area contributed by atoms with E-state index in [1.54, 1.807) is 7.11 Å². The molecule has 0 bridgehead atoms. The van der Waals surface area contributed by atoms with Crippen molar-refractivity contribution in [2.24, 2.45) is 0 Å². The molecule has 1 N–H and O–H groups in total. The van der Waals surface area contributed by atoms with Crippen molar-refractivity contribution < 1.29 is 9.57 Å². The molecule has 3 nitrogen and oxygen atoms in total. The van der Waals surface area contributed by atoms with Gasteiger partial charge in [-0.1, -0.05) is 61.9 Å². The van der Waals surface area contributed by atoms with Gasteiger partial charge in [-0.2, -0.15) is 5.48 Å². The molecule has 0 aliphatic carbocycles. The van der Waals surface area contributed by atoms with Crippen molar-refractivity contribution in [1.82, 2.24) is 5.48 Å². The van der Waals surface area contributed by atoms with Crippen molar-refractivity contribution >= 4 is 0 Å². The average Bonchev–Trinajstić information content (AvgIpc) is 2.65. The van der Waals surface area contributed by atoms with Crippen LogP contribution in [0.3, 0.4) is 0 Å². The number of ether oxygens (including phenoxy) is 1. The van der Waals surface area contributed by atoms with Gasteiger partial charge in [0.1, 0.15) is 11.9 Å². The highest BCUT2D eigenvalue weighted by molar-refractivity contribution is 5.29. The van der Waals surface area contributed by atoms with Crippen LogP contribution in [-0.2, 0) is 4.84 Å². The van der Waals surface area contributed by atoms with E-state index in [2.05, 4.69) is 43.2 Å². The predicted molar refractivity (Wildman–Crippen MR) is 98.9 cm³/mol. The Balaban J connectivity index is 2.06. The Kier molecular flexibility index (Phi) is 7.53. The summed E-state index contributed by atoms with van der Waals surface area (Å²) in [6, 6.07) is 18.4. The molecule has 2 aromatic carbocycles. The molecule has 0 aromatic heterocycles. The summed E-state index contributed by atoms with van der Waals surface area (Å²) in [4.78, 5) is 6.07. The highest BCUT2D eigenvalue weighted by atomic mass is 16.7. The number of rotatable bonds is 10. The maximum Gasteiger partial charge on any atom is 0.118 e. The van der Waals surface area contributed by atoms with Gasteiger partial charge in [0.25, 0.3) is 0 Å². The van der Waals surface area contributed by atoms with Crippen LogP contribution in [0.25, 0.3) is 0 Å². The Bertz CT molecular complexity index is 595. The minimum atomic E-state index is 0.0433. The third-order valence-electron chi connectivity index (χ3n) is 4.00. The smallest absolute Gasteiger partial charge is 0.118 e. The van der Waals surface area contributed by atoms with Crippen LogP contribution >= 0.6 is 0 Å². The fourth-order valence-corrected chi connectivity index (χ4v) is 2.64. The maximum atomic E-state index is 6.07. The first-order valence-corrected chi connectivity index (χ1v) is 8.49. The highest BCUT2D eigenvalue weighted by Crippen LogP contribution is 2.25. The van der Waals surface area contributed by atoms with E-state index in [-0.39, 0.29) is 12.1 Å². The zero-order chi connectivity index (χ0) is 17.2. The van der Waals surface area contributed by atoms with E-state index in [0.717, 1.165) is 30.6 Å². The Hall–Kier alpha value is -2.10. The molecule has 3 heteroatoms. The zero-order valence-corrected chi connectivity index (χ0v) is 14.6. The monoisotopic (exact) mass is 325 g/mol. The van der Waals surface area contributed by atoms with E-state index in [1.165, 1.54) is 5.56 Å². The third-order valence-corrected chi connectivity index (χ3v) is 4.00. The maximum absolute atomic E-state index is 6.07. The molecule has 0 radical (unpaired) electrons. The highest BCUT2D eigenvalue weighted by Gasteiger charge is 2.15. The van der Waals surface area contributed by atoms with Crippen LogP contribution in [0, 0.1) is 0 Å². The lowest BCUT2D eigenvalue weighted by Crippen LogP contribution is -2.24. The Morgan fingerprint density at radius 2 is 1.75 bits per heavy atom. The molecular formula is C21H27NO2. The van der Waals surface area contributed by atoms with E-state index >= 15 is 0 Å². The molecule has 2 aromatic rings. The minimum Gasteiger partial charge on any atom is -0.497 e. The number of hydroxylamine groups is 1. The van der Waals surface area contributed by atoms with Gasteiger partial charge < -0.3 is 4.74 Å². The number of nitrogens with one attached hydrogen (secondary N) is 1. The summed E-state index contributed by atoms with van der Waals surface area (Å²) in [5.41, 5.74) is 5.59. The van der Waals surface area contributed by atoms with Gasteiger partial charge in [0.05, 0.1) is 13.2 Å². The van der Waals surface area contributed by atoms with Crippen molar-refractivity contribution in [3.05, 3.63) is 78.4 Å². The second-order valence-electron chi connectivity index (χ2n) is 5.77. The van der Waals surface area contributed by atoms with Crippen molar-refractivity contribution in [3.63, 3.8) is 0 Å². The van der Waals surface area contributed by atoms with Gasteiger partial charge >= 0.3 is 0 Å². The van der Waals surface area contributed by atoms with Crippen LogP contribution in [0.2, 0.25) is 0 Å². The summed E-state index contributed by atoms with van der Waals surface area (Å²) in [7, 11) is 1.67. The first-order chi connectivity index (χ1) is 11.8. The molecule has 0 aliphatic rings. The van der Waals surface area contributed by atoms with E-state index < -0.39 is 0 Å². The molecule has 0 saturated carbocycles. The zero-order valence-electron chi connectivity index (χ0n) is 14.6. The standard InChI is InChI=1S/C21H27NO2/c1-4-9-20(17-13-15-19(23-3)16-14-17)22-24-21(10-5-2)18-11-7-6-8-12-18/h4,6-8,11-16,20-22H,1,5,9-10H2,2-3H3/t20?,21-/m0/s1. The molecule has 0 heterocycles. The molecule has 0 fully saturated rings. The molecule has 0 saturated heterocycles. The largest absolute Gasteiger partial charge is 0.497 e. The predicted octanol–water partition coefficient (Wildman–Crippen LogP) is 5.38. The first kappa shape index (κ1) is 18.2. The normalized spacial score (nSPS) is 13.2. The van der Waals surface area contributed by atoms with Gasteiger partial charge in [0.15, 0.2) is 0 Å². The van der Waals surface area contributed by atoms with Gasteiger partial charge in [0, 0.05) is 0 Å². The summed E-state index contributed by atoms with van der Waals surface area (Å²) in [6.07, 6.45) is 4.78. The van der Waals surface area contributed by atoms with Gasteiger partial charge in [0.2, 0.25) is 0 Å². The number of hydrogen-bond donors (Lipinski definition) is 1. The molecule has 0 aliphatic heterocycles. The van der Waals surface area contributed by atoms with E-state index in [4.69, 9.17) is 9.57 Å². The van der Waals surface area contributed by atoms with Crippen molar-refractivity contribution in [3.8, 4) is 5.75 Å². The molecule has 2 atom stereocenters. The van der Waals surface area contributed by atoms with E-state index in [1.807, 2.05) is 36.4 Å². The van der Waals surface area contributed by atoms with Crippen LogP contribution < -0.4 is 10.2 Å². The lowest BCUT2D eigenvalue weighted by atomic mass is 10.0. The Morgan fingerprint density at radius 1 is 1.04 bits per heavy atom. The molecule has 0 amide bonds. The van der Waals surface area contributed by atoms with Crippen molar-refractivity contribution in [2.45, 2.75) is 38.3 Å². The van der Waals surface area contributed by atoms with Gasteiger partial charge in [-0.05, 0) is 36.1 Å². The fraction of sp³-hybridized carbons (Fsp3) is 0.333. The lowest BCUT2D eigenvalue weighted by molar-refractivity contribution is -0.0503. The van der Waals surface area contributed by atoms with Gasteiger partial charge in [-0.3, -0.25) is 4.84 Å². The average molecular weight is 325 g/mol. The molecule has 128 valence electrons. The molecule has 0 spiro atoms. The number of methoxy groups -OCH3 is 1. The van der Waals surface area contributed by atoms with Crippen molar-refractivity contribution in [1.29, 1.82) is 0 Å². The summed E-state index contributed by atoms with van der Waals surface area (Å²) < 4.78 is 5.23.